The van der Waals surface area contributed by atoms with Gasteiger partial charge in [-0.25, -0.2) is 0 Å². The first-order valence-corrected chi connectivity index (χ1v) is 8.73. The molecule has 1 unspecified atom stereocenters. The highest BCUT2D eigenvalue weighted by atomic mass is 16.1. The van der Waals surface area contributed by atoms with Crippen LogP contribution in [0.25, 0.3) is 0 Å². The fourth-order valence-corrected chi connectivity index (χ4v) is 6.34. The lowest BCUT2D eigenvalue weighted by Gasteiger charge is -2.56. The minimum absolute atomic E-state index is 0.147. The van der Waals surface area contributed by atoms with Gasteiger partial charge in [-0.1, -0.05) is 13.0 Å². The Hall–Kier alpha value is -1.25. The largest absolute Gasteiger partial charge is 0.302 e. The Labute approximate surface area is 131 Å². The summed E-state index contributed by atoms with van der Waals surface area (Å²) in [7, 11) is 0. The van der Waals surface area contributed by atoms with Crippen LogP contribution in [-0.4, -0.2) is 17.9 Å². The van der Waals surface area contributed by atoms with Crippen LogP contribution in [0.4, 0.5) is 0 Å². The molecule has 0 spiro atoms. The van der Waals surface area contributed by atoms with E-state index in [2.05, 4.69) is 6.92 Å². The molecule has 0 amide bonds. The molecule has 22 heavy (non-hydrogen) atoms. The lowest BCUT2D eigenvalue weighted by Crippen LogP contribution is -2.54. The molecule has 0 N–H and O–H groups in total. The Bertz CT molecular complexity index is 577. The van der Waals surface area contributed by atoms with Crippen molar-refractivity contribution in [2.75, 3.05) is 0 Å². The van der Waals surface area contributed by atoms with E-state index in [1.807, 2.05) is 6.08 Å². The highest BCUT2D eigenvalue weighted by molar-refractivity contribution is 5.93. The summed E-state index contributed by atoms with van der Waals surface area (Å²) < 4.78 is 0. The molecule has 0 heterocycles. The molecular weight excluding hydrogens is 276 g/mol. The number of aldehydes is 1. The molecule has 3 nitrogen and oxygen atoms in total. The smallest absolute Gasteiger partial charge is 0.155 e. The Balaban J connectivity index is 1.74. The monoisotopic (exact) mass is 300 g/mol. The minimum atomic E-state index is -0.441. The molecule has 0 saturated heterocycles. The van der Waals surface area contributed by atoms with Crippen molar-refractivity contribution in [1.82, 2.24) is 0 Å². The predicted molar refractivity (Wildman–Crippen MR) is 82.0 cm³/mol. The van der Waals surface area contributed by atoms with Crippen molar-refractivity contribution in [2.45, 2.75) is 51.9 Å². The fourth-order valence-electron chi connectivity index (χ4n) is 6.34. The van der Waals surface area contributed by atoms with E-state index in [0.29, 0.717) is 30.0 Å². The third kappa shape index (κ3) is 1.65. The number of hydrogen-bond acceptors (Lipinski definition) is 3. The zero-order chi connectivity index (χ0) is 15.5. The van der Waals surface area contributed by atoms with Gasteiger partial charge in [0.2, 0.25) is 0 Å². The molecule has 0 aromatic heterocycles. The van der Waals surface area contributed by atoms with E-state index in [0.717, 1.165) is 44.8 Å². The van der Waals surface area contributed by atoms with Crippen LogP contribution >= 0.6 is 0 Å². The average molecular weight is 300 g/mol. The van der Waals surface area contributed by atoms with E-state index in [4.69, 9.17) is 0 Å². The number of Topliss-reactive ketones (excluding diaryl/α,β-unsaturated/α-hetero) is 1. The molecule has 0 aliphatic heterocycles. The van der Waals surface area contributed by atoms with Gasteiger partial charge in [-0.05, 0) is 61.9 Å². The molecule has 4 rings (SSSR count). The van der Waals surface area contributed by atoms with Crippen molar-refractivity contribution in [3.05, 3.63) is 12.2 Å². The summed E-state index contributed by atoms with van der Waals surface area (Å²) in [5, 5.41) is 0. The number of fused-ring (bicyclic) bond motifs is 5. The Kier molecular flexibility index (Phi) is 3.02. The quantitative estimate of drug-likeness (QED) is 0.699. The number of allylic oxidation sites excluding steroid dienone is 2. The van der Waals surface area contributed by atoms with Crippen LogP contribution in [0.5, 0.6) is 0 Å². The topological polar surface area (TPSA) is 51.2 Å². The Morgan fingerprint density at radius 1 is 1.14 bits per heavy atom. The highest BCUT2D eigenvalue weighted by Crippen LogP contribution is 2.63. The normalized spacial score (nSPS) is 50.2. The molecule has 0 bridgehead atoms. The number of carbonyl (C=O) groups excluding carboxylic acids is 3. The van der Waals surface area contributed by atoms with Crippen LogP contribution in [-0.2, 0) is 14.4 Å². The average Bonchev–Trinajstić information content (AvgIpc) is 2.82. The molecule has 118 valence electrons. The lowest BCUT2D eigenvalue weighted by atomic mass is 9.46. The molecule has 4 aliphatic carbocycles. The molecule has 0 radical (unpaired) electrons. The van der Waals surface area contributed by atoms with Crippen molar-refractivity contribution in [3.8, 4) is 0 Å². The summed E-state index contributed by atoms with van der Waals surface area (Å²) in [6.45, 7) is 2.16. The zero-order valence-electron chi connectivity index (χ0n) is 13.2. The van der Waals surface area contributed by atoms with E-state index in [9.17, 15) is 14.4 Å². The van der Waals surface area contributed by atoms with Crippen LogP contribution in [0.2, 0.25) is 0 Å². The van der Waals surface area contributed by atoms with Crippen molar-refractivity contribution >= 4 is 17.9 Å². The molecule has 3 heteroatoms. The van der Waals surface area contributed by atoms with Crippen molar-refractivity contribution in [2.24, 2.45) is 34.5 Å². The van der Waals surface area contributed by atoms with Gasteiger partial charge >= 0.3 is 0 Å². The summed E-state index contributed by atoms with van der Waals surface area (Å²) in [5.41, 5.74) is -0.587. The molecule has 4 aliphatic rings. The molecule has 0 aromatic rings. The van der Waals surface area contributed by atoms with E-state index in [1.165, 1.54) is 0 Å². The second kappa shape index (κ2) is 4.62. The zero-order valence-corrected chi connectivity index (χ0v) is 13.2. The van der Waals surface area contributed by atoms with Crippen molar-refractivity contribution in [3.63, 3.8) is 0 Å². The number of carbonyl (C=O) groups is 3. The van der Waals surface area contributed by atoms with Crippen LogP contribution in [0.3, 0.4) is 0 Å². The van der Waals surface area contributed by atoms with E-state index < -0.39 is 5.41 Å². The first-order valence-electron chi connectivity index (χ1n) is 8.73. The maximum absolute atomic E-state index is 12.4. The van der Waals surface area contributed by atoms with Gasteiger partial charge < -0.3 is 4.79 Å². The maximum atomic E-state index is 12.4. The fraction of sp³-hybridized carbons (Fsp3) is 0.737. The highest BCUT2D eigenvalue weighted by Gasteiger charge is 2.60. The molecular formula is C19H24O3. The van der Waals surface area contributed by atoms with Gasteiger partial charge in [-0.3, -0.25) is 9.59 Å². The third-order valence-electron chi connectivity index (χ3n) is 7.55. The first kappa shape index (κ1) is 14.3. The summed E-state index contributed by atoms with van der Waals surface area (Å²) in [4.78, 5) is 36.2. The lowest BCUT2D eigenvalue weighted by molar-refractivity contribution is -0.141. The second-order valence-corrected chi connectivity index (χ2v) is 8.19. The van der Waals surface area contributed by atoms with Gasteiger partial charge in [0.25, 0.3) is 0 Å². The van der Waals surface area contributed by atoms with Gasteiger partial charge in [-0.2, -0.15) is 0 Å². The van der Waals surface area contributed by atoms with Gasteiger partial charge in [-0.15, -0.1) is 0 Å². The summed E-state index contributed by atoms with van der Waals surface area (Å²) in [5.74, 6) is 2.04. The Morgan fingerprint density at radius 2 is 1.95 bits per heavy atom. The summed E-state index contributed by atoms with van der Waals surface area (Å²) in [6.07, 6.45) is 10.9. The van der Waals surface area contributed by atoms with E-state index in [-0.39, 0.29) is 17.1 Å². The van der Waals surface area contributed by atoms with Gasteiger partial charge in [0, 0.05) is 18.3 Å². The Morgan fingerprint density at radius 3 is 2.73 bits per heavy atom. The standard InChI is InChI=1S/C19H24O3/c1-18-8-7-16-14(15(18)4-5-17(18)22)3-2-12-10-13(21)6-9-19(12,16)11-20/h6,9,11-12,14-16H,2-5,7-8,10H2,1H3/t12?,14-,15-,16+,18-,19+/m0/s1. The third-order valence-corrected chi connectivity index (χ3v) is 7.55. The first-order chi connectivity index (χ1) is 10.5. The van der Waals surface area contributed by atoms with Gasteiger partial charge in [0.05, 0.1) is 5.41 Å². The van der Waals surface area contributed by atoms with Gasteiger partial charge in [0.1, 0.15) is 12.1 Å². The predicted octanol–water partition coefficient (Wildman–Crippen LogP) is 3.12. The number of ketones is 2. The molecule has 3 saturated carbocycles. The van der Waals surface area contributed by atoms with Crippen molar-refractivity contribution < 1.29 is 14.4 Å². The van der Waals surface area contributed by atoms with E-state index >= 15 is 0 Å². The SMILES string of the molecule is C[C@]12CC[C@@H]3[C@@H](CCC4CC(=O)C=C[C@@]43C=O)[C@@H]1CCC2=O. The van der Waals surface area contributed by atoms with Crippen LogP contribution in [0.1, 0.15) is 51.9 Å². The van der Waals surface area contributed by atoms with E-state index in [1.54, 1.807) is 6.08 Å². The summed E-state index contributed by atoms with van der Waals surface area (Å²) in [6, 6.07) is 0. The van der Waals surface area contributed by atoms with Crippen LogP contribution in [0, 0.1) is 34.5 Å². The number of hydrogen-bond donors (Lipinski definition) is 0. The molecule has 3 fully saturated rings. The molecule has 0 aromatic carbocycles. The van der Waals surface area contributed by atoms with Crippen LogP contribution in [0.15, 0.2) is 12.2 Å². The number of rotatable bonds is 1. The summed E-state index contributed by atoms with van der Waals surface area (Å²) >= 11 is 0. The van der Waals surface area contributed by atoms with Crippen LogP contribution < -0.4 is 0 Å². The molecule has 6 atom stereocenters. The maximum Gasteiger partial charge on any atom is 0.155 e. The minimum Gasteiger partial charge on any atom is -0.302 e. The second-order valence-electron chi connectivity index (χ2n) is 8.19. The van der Waals surface area contributed by atoms with Crippen molar-refractivity contribution in [1.29, 1.82) is 0 Å². The van der Waals surface area contributed by atoms with Gasteiger partial charge in [0.15, 0.2) is 5.78 Å².